The smallest absolute Gasteiger partial charge is 0.104 e. The molecule has 2 N–H and O–H groups in total. The quantitative estimate of drug-likeness (QED) is 0.466. The first-order valence-corrected chi connectivity index (χ1v) is 3.57. The monoisotopic (exact) mass is 159 g/mol. The number of nitrogens with one attached hydrogen (secondary N) is 1. The van der Waals surface area contributed by atoms with E-state index in [9.17, 15) is 0 Å². The lowest BCUT2D eigenvalue weighted by Crippen LogP contribution is -1.80. The molecule has 0 amide bonds. The van der Waals surface area contributed by atoms with Crippen molar-refractivity contribution in [1.82, 2.24) is 0 Å². The Morgan fingerprint density at radius 2 is 2.00 bits per heavy atom. The van der Waals surface area contributed by atoms with Crippen LogP contribution in [0.3, 0.4) is 0 Å². The maximum absolute atomic E-state index is 8.42. The summed E-state index contributed by atoms with van der Waals surface area (Å²) in [4.78, 5) is 0. The van der Waals surface area contributed by atoms with E-state index in [-0.39, 0.29) is 6.61 Å². The van der Waals surface area contributed by atoms with Crippen LogP contribution in [0.25, 0.3) is 0 Å². The first kappa shape index (κ1) is 8.51. The van der Waals surface area contributed by atoms with Gasteiger partial charge in [0, 0.05) is 11.8 Å². The summed E-state index contributed by atoms with van der Waals surface area (Å²) in [7, 11) is 0. The van der Waals surface area contributed by atoms with Crippen LogP contribution in [0.5, 0.6) is 0 Å². The summed E-state index contributed by atoms with van der Waals surface area (Å²) in [6.45, 7) is -0.119. The van der Waals surface area contributed by atoms with Gasteiger partial charge in [-0.25, -0.2) is 0 Å². The van der Waals surface area contributed by atoms with Gasteiger partial charge in [0.05, 0.1) is 0 Å². The van der Waals surface area contributed by atoms with Crippen LogP contribution in [0.15, 0.2) is 24.3 Å². The van der Waals surface area contributed by atoms with Crippen LogP contribution in [-0.2, 0) is 0 Å². The molecule has 60 valence electrons. The fraction of sp³-hybridized carbons (Fsp3) is 0.100. The van der Waals surface area contributed by atoms with Gasteiger partial charge in [-0.15, -0.1) is 0 Å². The minimum atomic E-state index is -0.119. The van der Waals surface area contributed by atoms with Gasteiger partial charge in [0.2, 0.25) is 0 Å². The Hall–Kier alpha value is -1.59. The minimum Gasteiger partial charge on any atom is -0.384 e. The molecule has 0 bridgehead atoms. The van der Waals surface area contributed by atoms with Gasteiger partial charge < -0.3 is 10.5 Å². The molecule has 12 heavy (non-hydrogen) atoms. The second-order valence-electron chi connectivity index (χ2n) is 2.23. The topological polar surface area (TPSA) is 44.1 Å². The standard InChI is InChI=1S/C10H9NO/c11-8-10-5-3-9(4-6-10)2-1-7-12/h3-6,8,11-12H,7H2. The maximum Gasteiger partial charge on any atom is 0.104 e. The number of hydrogen-bond acceptors (Lipinski definition) is 2. The van der Waals surface area contributed by atoms with Gasteiger partial charge in [-0.3, -0.25) is 0 Å². The average Bonchev–Trinajstić information content (AvgIpc) is 2.15. The maximum atomic E-state index is 8.42. The summed E-state index contributed by atoms with van der Waals surface area (Å²) in [5.41, 5.74) is 1.71. The summed E-state index contributed by atoms with van der Waals surface area (Å²) in [5.74, 6) is 5.32. The van der Waals surface area contributed by atoms with E-state index < -0.39 is 0 Å². The van der Waals surface area contributed by atoms with Crippen molar-refractivity contribution in [2.45, 2.75) is 0 Å². The number of aliphatic hydroxyl groups is 1. The molecule has 0 aliphatic carbocycles. The predicted octanol–water partition coefficient (Wildman–Crippen LogP) is 1.03. The highest BCUT2D eigenvalue weighted by Crippen LogP contribution is 1.99. The second kappa shape index (κ2) is 4.32. The molecule has 0 aliphatic heterocycles. The van der Waals surface area contributed by atoms with Crippen LogP contribution in [-0.4, -0.2) is 17.9 Å². The molecule has 0 fully saturated rings. The molecule has 1 aromatic carbocycles. The zero-order chi connectivity index (χ0) is 8.81. The zero-order valence-electron chi connectivity index (χ0n) is 6.54. The number of hydrogen-bond donors (Lipinski definition) is 2. The van der Waals surface area contributed by atoms with E-state index in [4.69, 9.17) is 10.5 Å². The van der Waals surface area contributed by atoms with E-state index in [0.29, 0.717) is 0 Å². The highest BCUT2D eigenvalue weighted by atomic mass is 16.2. The fourth-order valence-electron chi connectivity index (χ4n) is 0.804. The molecular weight excluding hydrogens is 150 g/mol. The van der Waals surface area contributed by atoms with E-state index in [2.05, 4.69) is 11.8 Å². The van der Waals surface area contributed by atoms with E-state index in [1.54, 1.807) is 0 Å². The van der Waals surface area contributed by atoms with Crippen molar-refractivity contribution in [3.8, 4) is 11.8 Å². The highest BCUT2D eigenvalue weighted by molar-refractivity contribution is 5.76. The number of aliphatic hydroxyl groups excluding tert-OH is 1. The number of rotatable bonds is 1. The Morgan fingerprint density at radius 3 is 2.50 bits per heavy atom. The van der Waals surface area contributed by atoms with Gasteiger partial charge in [-0.2, -0.15) is 0 Å². The zero-order valence-corrected chi connectivity index (χ0v) is 6.54. The fourth-order valence-corrected chi connectivity index (χ4v) is 0.804. The van der Waals surface area contributed by atoms with Gasteiger partial charge in [-0.1, -0.05) is 24.0 Å². The summed E-state index contributed by atoms with van der Waals surface area (Å²) >= 11 is 0. The molecule has 2 heteroatoms. The summed E-state index contributed by atoms with van der Waals surface area (Å²) in [6.07, 6.45) is 1.28. The van der Waals surface area contributed by atoms with Gasteiger partial charge in [-0.05, 0) is 17.7 Å². The lowest BCUT2D eigenvalue weighted by molar-refractivity contribution is 0.350. The van der Waals surface area contributed by atoms with Gasteiger partial charge >= 0.3 is 0 Å². The summed E-state index contributed by atoms with van der Waals surface area (Å²) in [5, 5.41) is 15.4. The van der Waals surface area contributed by atoms with Gasteiger partial charge in [0.1, 0.15) is 6.61 Å². The Balaban J connectivity index is 2.84. The molecule has 0 aromatic heterocycles. The SMILES string of the molecule is N=Cc1ccc(C#CCO)cc1. The van der Waals surface area contributed by atoms with Crippen LogP contribution >= 0.6 is 0 Å². The van der Waals surface area contributed by atoms with Crippen LogP contribution in [0.4, 0.5) is 0 Å². The van der Waals surface area contributed by atoms with Crippen LogP contribution < -0.4 is 0 Å². The van der Waals surface area contributed by atoms with Crippen LogP contribution in [0, 0.1) is 17.3 Å². The van der Waals surface area contributed by atoms with Crippen molar-refractivity contribution in [2.75, 3.05) is 6.61 Å². The molecule has 0 unspecified atom stereocenters. The summed E-state index contributed by atoms with van der Waals surface area (Å²) in [6, 6.07) is 7.27. The van der Waals surface area contributed by atoms with Gasteiger partial charge in [0.15, 0.2) is 0 Å². The van der Waals surface area contributed by atoms with Crippen molar-refractivity contribution < 1.29 is 5.11 Å². The molecule has 0 spiro atoms. The Labute approximate surface area is 71.4 Å². The largest absolute Gasteiger partial charge is 0.384 e. The van der Waals surface area contributed by atoms with Crippen molar-refractivity contribution in [3.05, 3.63) is 35.4 Å². The van der Waals surface area contributed by atoms with E-state index >= 15 is 0 Å². The molecular formula is C10H9NO. The first-order chi connectivity index (χ1) is 5.86. The van der Waals surface area contributed by atoms with Crippen LogP contribution in [0.2, 0.25) is 0 Å². The summed E-state index contributed by atoms with van der Waals surface area (Å²) < 4.78 is 0. The van der Waals surface area contributed by atoms with Crippen molar-refractivity contribution in [2.24, 2.45) is 0 Å². The first-order valence-electron chi connectivity index (χ1n) is 3.57. The molecule has 1 rings (SSSR count). The molecule has 0 aliphatic rings. The molecule has 0 radical (unpaired) electrons. The van der Waals surface area contributed by atoms with E-state index in [1.807, 2.05) is 24.3 Å². The van der Waals surface area contributed by atoms with E-state index in [1.165, 1.54) is 6.21 Å². The average molecular weight is 159 g/mol. The Bertz CT molecular complexity index is 316. The van der Waals surface area contributed by atoms with Gasteiger partial charge in [0.25, 0.3) is 0 Å². The van der Waals surface area contributed by atoms with Crippen molar-refractivity contribution >= 4 is 6.21 Å². The molecule has 0 heterocycles. The van der Waals surface area contributed by atoms with Crippen molar-refractivity contribution in [1.29, 1.82) is 5.41 Å². The third-order valence-electron chi connectivity index (χ3n) is 1.39. The van der Waals surface area contributed by atoms with Crippen LogP contribution in [0.1, 0.15) is 11.1 Å². The molecule has 0 atom stereocenters. The molecule has 0 saturated heterocycles. The Morgan fingerprint density at radius 1 is 1.33 bits per heavy atom. The second-order valence-corrected chi connectivity index (χ2v) is 2.23. The van der Waals surface area contributed by atoms with E-state index in [0.717, 1.165) is 11.1 Å². The third-order valence-corrected chi connectivity index (χ3v) is 1.39. The lowest BCUT2D eigenvalue weighted by atomic mass is 10.1. The lowest BCUT2D eigenvalue weighted by Gasteiger charge is -1.91. The molecule has 1 aromatic rings. The van der Waals surface area contributed by atoms with Crippen molar-refractivity contribution in [3.63, 3.8) is 0 Å². The highest BCUT2D eigenvalue weighted by Gasteiger charge is 1.86. The Kier molecular flexibility index (Phi) is 3.06. The predicted molar refractivity (Wildman–Crippen MR) is 48.3 cm³/mol. The molecule has 0 saturated carbocycles. The number of benzene rings is 1. The normalized spacial score (nSPS) is 8.42. The molecule has 2 nitrogen and oxygen atoms in total. The minimum absolute atomic E-state index is 0.119. The third kappa shape index (κ3) is 2.22.